The van der Waals surface area contributed by atoms with Crippen molar-refractivity contribution in [3.05, 3.63) is 0 Å². The molecule has 2 atom stereocenters. The molecule has 0 aliphatic heterocycles. The first-order valence-corrected chi connectivity index (χ1v) is 7.52. The molecule has 0 aromatic carbocycles. The normalized spacial score (nSPS) is 13.1. The van der Waals surface area contributed by atoms with Crippen LogP contribution in [-0.2, 0) is 19.2 Å². The minimum absolute atomic E-state index is 0.0945. The van der Waals surface area contributed by atoms with E-state index in [1.807, 2.05) is 0 Å². The second-order valence-electron chi connectivity index (χ2n) is 4.76. The van der Waals surface area contributed by atoms with Gasteiger partial charge in [0, 0.05) is 39.7 Å². The second-order valence-corrected chi connectivity index (χ2v) is 6.07. The summed E-state index contributed by atoms with van der Waals surface area (Å²) in [5.41, 5.74) is 0. The molecule has 2 unspecified atom stereocenters. The first kappa shape index (κ1) is 19.4. The number of carbonyl (C=O) groups is 4. The Hall–Kier alpha value is -1.57. The summed E-state index contributed by atoms with van der Waals surface area (Å²) in [6, 6.07) is -0.892. The number of hydrogen-bond donors (Lipinski definition) is 1. The molecule has 7 nitrogen and oxygen atoms in total. The Labute approximate surface area is 128 Å². The minimum atomic E-state index is -1.07. The number of thioether (sulfide) groups is 1. The number of hydrogen-bond acceptors (Lipinski definition) is 5. The van der Waals surface area contributed by atoms with Crippen LogP contribution in [0.15, 0.2) is 0 Å². The van der Waals surface area contributed by atoms with E-state index in [9.17, 15) is 19.2 Å². The highest BCUT2D eigenvalue weighted by Gasteiger charge is 2.23. The van der Waals surface area contributed by atoms with Gasteiger partial charge in [0.2, 0.25) is 11.8 Å². The van der Waals surface area contributed by atoms with Crippen LogP contribution in [0.4, 0.5) is 0 Å². The number of aliphatic carboxylic acids is 1. The molecule has 0 spiro atoms. The fourth-order valence-corrected chi connectivity index (χ4v) is 2.61. The molecule has 21 heavy (non-hydrogen) atoms. The predicted octanol–water partition coefficient (Wildman–Crippen LogP) is 0.0870. The van der Waals surface area contributed by atoms with Gasteiger partial charge >= 0.3 is 5.97 Å². The Morgan fingerprint density at radius 3 is 2.24 bits per heavy atom. The van der Waals surface area contributed by atoms with Gasteiger partial charge in [-0.3, -0.25) is 9.59 Å². The van der Waals surface area contributed by atoms with Crippen LogP contribution in [0, 0.1) is 0 Å². The fourth-order valence-electron chi connectivity index (χ4n) is 1.46. The van der Waals surface area contributed by atoms with Crippen molar-refractivity contribution in [1.82, 2.24) is 9.80 Å². The molecule has 120 valence electrons. The highest BCUT2D eigenvalue weighted by molar-refractivity contribution is 8.00. The van der Waals surface area contributed by atoms with Gasteiger partial charge in [0.05, 0.1) is 5.25 Å². The van der Waals surface area contributed by atoms with E-state index in [1.54, 1.807) is 14.1 Å². The van der Waals surface area contributed by atoms with Crippen molar-refractivity contribution >= 4 is 35.8 Å². The molecule has 0 rings (SSSR count). The van der Waals surface area contributed by atoms with Gasteiger partial charge in [0.25, 0.3) is 0 Å². The zero-order chi connectivity index (χ0) is 16.6. The minimum Gasteiger partial charge on any atom is -0.480 e. The first-order chi connectivity index (χ1) is 9.72. The molecule has 0 aromatic rings. The van der Waals surface area contributed by atoms with Crippen molar-refractivity contribution in [2.75, 3.05) is 26.9 Å². The lowest BCUT2D eigenvalue weighted by atomic mass is 10.3. The van der Waals surface area contributed by atoms with Crippen molar-refractivity contribution < 1.29 is 24.3 Å². The maximum Gasteiger partial charge on any atom is 0.326 e. The summed E-state index contributed by atoms with van der Waals surface area (Å²) < 4.78 is 0. The molecule has 0 aromatic heterocycles. The Balaban J connectivity index is 4.38. The number of aldehydes is 1. The van der Waals surface area contributed by atoms with Crippen LogP contribution in [0.5, 0.6) is 0 Å². The molecule has 0 aliphatic carbocycles. The number of amides is 2. The molecule has 0 bridgehead atoms. The van der Waals surface area contributed by atoms with E-state index in [4.69, 9.17) is 5.11 Å². The van der Waals surface area contributed by atoms with Gasteiger partial charge in [-0.1, -0.05) is 0 Å². The van der Waals surface area contributed by atoms with E-state index in [1.165, 1.54) is 30.6 Å². The fraction of sp³-hybridized carbons (Fsp3) is 0.692. The average Bonchev–Trinajstić information content (AvgIpc) is 2.43. The number of carboxylic acids is 1. The summed E-state index contributed by atoms with van der Waals surface area (Å²) >= 11 is 1.23. The number of carbonyl (C=O) groups excluding carboxylic acids is 3. The Kier molecular flexibility index (Phi) is 8.68. The number of nitrogens with zero attached hydrogens (tertiary/aromatic N) is 2. The highest BCUT2D eigenvalue weighted by Crippen LogP contribution is 2.17. The maximum atomic E-state index is 11.8. The topological polar surface area (TPSA) is 95.0 Å². The lowest BCUT2D eigenvalue weighted by Crippen LogP contribution is -2.40. The summed E-state index contributed by atoms with van der Waals surface area (Å²) in [5, 5.41) is 8.32. The predicted molar refractivity (Wildman–Crippen MR) is 80.1 cm³/mol. The molecule has 0 saturated heterocycles. The Morgan fingerprint density at radius 2 is 1.81 bits per heavy atom. The molecular formula is C13H22N2O5S. The van der Waals surface area contributed by atoms with E-state index in [-0.39, 0.29) is 24.7 Å². The largest absolute Gasteiger partial charge is 0.480 e. The van der Waals surface area contributed by atoms with Crippen LogP contribution in [0.25, 0.3) is 0 Å². The third-order valence-corrected chi connectivity index (χ3v) is 4.23. The van der Waals surface area contributed by atoms with Gasteiger partial charge in [-0.05, 0) is 6.92 Å². The van der Waals surface area contributed by atoms with Crippen molar-refractivity contribution in [2.24, 2.45) is 0 Å². The van der Waals surface area contributed by atoms with Gasteiger partial charge in [-0.25, -0.2) is 4.79 Å². The van der Waals surface area contributed by atoms with Gasteiger partial charge in [-0.15, -0.1) is 11.8 Å². The van der Waals surface area contributed by atoms with E-state index in [2.05, 4.69) is 0 Å². The molecule has 2 amide bonds. The lowest BCUT2D eigenvalue weighted by Gasteiger charge is -2.22. The summed E-state index contributed by atoms with van der Waals surface area (Å²) in [5.74, 6) is -1.19. The Morgan fingerprint density at radius 1 is 1.24 bits per heavy atom. The summed E-state index contributed by atoms with van der Waals surface area (Å²) in [6.45, 7) is 1.43. The monoisotopic (exact) mass is 318 g/mol. The lowest BCUT2D eigenvalue weighted by molar-refractivity contribution is -0.148. The maximum absolute atomic E-state index is 11.8. The third-order valence-electron chi connectivity index (χ3n) is 2.99. The van der Waals surface area contributed by atoms with E-state index < -0.39 is 17.3 Å². The van der Waals surface area contributed by atoms with Gasteiger partial charge < -0.3 is 19.7 Å². The second kappa shape index (κ2) is 9.38. The molecule has 0 fully saturated rings. The van der Waals surface area contributed by atoms with Crippen molar-refractivity contribution in [3.63, 3.8) is 0 Å². The summed E-state index contributed by atoms with van der Waals surface area (Å²) in [6.07, 6.45) is 0.894. The highest BCUT2D eigenvalue weighted by atomic mass is 32.2. The van der Waals surface area contributed by atoms with E-state index in [0.29, 0.717) is 12.0 Å². The number of likely N-dealkylation sites (N-methyl/N-ethyl adjacent to an activating group) is 1. The van der Waals surface area contributed by atoms with Gasteiger partial charge in [0.1, 0.15) is 12.3 Å². The van der Waals surface area contributed by atoms with Crippen molar-refractivity contribution in [2.45, 2.75) is 31.1 Å². The molecule has 0 saturated carbocycles. The van der Waals surface area contributed by atoms with Crippen LogP contribution >= 0.6 is 11.8 Å². The molecule has 0 aliphatic rings. The molecule has 1 N–H and O–H groups in total. The smallest absolute Gasteiger partial charge is 0.326 e. The first-order valence-electron chi connectivity index (χ1n) is 6.47. The molecule has 0 radical (unpaired) electrons. The van der Waals surface area contributed by atoms with Gasteiger partial charge in [0.15, 0.2) is 0 Å². The van der Waals surface area contributed by atoms with Crippen LogP contribution in [0.2, 0.25) is 0 Å². The third kappa shape index (κ3) is 6.61. The number of carboxylic acid groups (broad SMARTS) is 1. The van der Waals surface area contributed by atoms with Gasteiger partial charge in [-0.2, -0.15) is 0 Å². The van der Waals surface area contributed by atoms with Crippen LogP contribution < -0.4 is 0 Å². The van der Waals surface area contributed by atoms with E-state index >= 15 is 0 Å². The molecule has 0 heterocycles. The molecular weight excluding hydrogens is 296 g/mol. The van der Waals surface area contributed by atoms with E-state index in [0.717, 1.165) is 4.90 Å². The zero-order valence-electron chi connectivity index (χ0n) is 12.7. The molecule has 8 heteroatoms. The van der Waals surface area contributed by atoms with Crippen molar-refractivity contribution in [3.8, 4) is 0 Å². The summed E-state index contributed by atoms with van der Waals surface area (Å²) in [7, 11) is 4.64. The quantitative estimate of drug-likeness (QED) is 0.605. The standard InChI is InChI=1S/C13H22N2O5S/c1-9(13(19)20)15(4)11(17)6-8-21-10(5-7-16)12(18)14(2)3/h7,9-10H,5-6,8H2,1-4H3,(H,19,20). The van der Waals surface area contributed by atoms with Crippen LogP contribution in [0.3, 0.4) is 0 Å². The van der Waals surface area contributed by atoms with Crippen LogP contribution in [0.1, 0.15) is 19.8 Å². The number of rotatable bonds is 9. The zero-order valence-corrected chi connectivity index (χ0v) is 13.6. The Bertz CT molecular complexity index is 400. The van der Waals surface area contributed by atoms with Crippen molar-refractivity contribution in [1.29, 1.82) is 0 Å². The SMILES string of the molecule is CC(C(=O)O)N(C)C(=O)CCSC(CC=O)C(=O)N(C)C. The summed E-state index contributed by atoms with van der Waals surface area (Å²) in [4.78, 5) is 47.6. The van der Waals surface area contributed by atoms with Crippen LogP contribution in [-0.4, -0.2) is 77.2 Å². The average molecular weight is 318 g/mol.